The smallest absolute Gasteiger partial charge is 0.348 e. The molecule has 44 heavy (non-hydrogen) atoms. The second-order valence-corrected chi connectivity index (χ2v) is 12.0. The lowest BCUT2D eigenvalue weighted by atomic mass is 9.99. The van der Waals surface area contributed by atoms with Gasteiger partial charge in [0.2, 0.25) is 0 Å². The average molecular weight is 634 g/mol. The number of nitrogens with zero attached hydrogens (tertiary/aromatic N) is 5. The number of hydrogen-bond donors (Lipinski definition) is 0. The van der Waals surface area contributed by atoms with Crippen molar-refractivity contribution < 1.29 is 18.7 Å². The number of thiophene rings is 1. The number of aryl methyl sites for hydroxylation is 1. The number of esters is 1. The van der Waals surface area contributed by atoms with Crippen molar-refractivity contribution >= 4 is 44.8 Å². The second kappa shape index (κ2) is 13.3. The Kier molecular flexibility index (Phi) is 9.11. The Morgan fingerprint density at radius 3 is 2.80 bits per heavy atom. The Morgan fingerprint density at radius 2 is 2.02 bits per heavy atom. The topological polar surface area (TPSA) is 74.4 Å². The zero-order valence-corrected chi connectivity index (χ0v) is 26.2. The highest BCUT2D eigenvalue weighted by atomic mass is 35.5. The number of carbonyl (C=O) groups excluding carboxylic acids is 1. The summed E-state index contributed by atoms with van der Waals surface area (Å²) in [6.07, 6.45) is 6.85. The molecule has 6 rings (SSSR count). The van der Waals surface area contributed by atoms with Crippen molar-refractivity contribution in [1.29, 1.82) is 0 Å². The van der Waals surface area contributed by atoms with Gasteiger partial charge in [-0.2, -0.15) is 0 Å². The van der Waals surface area contributed by atoms with Gasteiger partial charge in [0.25, 0.3) is 0 Å². The molecule has 11 heteroatoms. The molecule has 0 radical (unpaired) electrons. The van der Waals surface area contributed by atoms with Crippen molar-refractivity contribution in [3.05, 3.63) is 105 Å². The molecule has 8 nitrogen and oxygen atoms in total. The predicted molar refractivity (Wildman–Crippen MR) is 171 cm³/mol. The highest BCUT2D eigenvalue weighted by molar-refractivity contribution is 7.20. The van der Waals surface area contributed by atoms with Gasteiger partial charge >= 0.3 is 5.97 Å². The largest absolute Gasteiger partial charge is 0.489 e. The minimum atomic E-state index is -0.375. The number of ether oxygens (including phenoxy) is 2. The lowest BCUT2D eigenvalue weighted by Crippen LogP contribution is -2.29. The molecule has 0 unspecified atom stereocenters. The molecule has 0 saturated carbocycles. The molecule has 0 N–H and O–H groups in total. The van der Waals surface area contributed by atoms with E-state index >= 15 is 0 Å². The van der Waals surface area contributed by atoms with Gasteiger partial charge in [-0.05, 0) is 61.7 Å². The number of hydrogen-bond acceptors (Lipinski definition) is 7. The summed E-state index contributed by atoms with van der Waals surface area (Å²) in [5, 5.41) is 0.363. The van der Waals surface area contributed by atoms with Crippen LogP contribution in [0, 0.1) is 5.82 Å². The van der Waals surface area contributed by atoms with E-state index in [-0.39, 0.29) is 18.4 Å². The monoisotopic (exact) mass is 633 g/mol. The van der Waals surface area contributed by atoms with Crippen LogP contribution in [-0.4, -0.2) is 49.7 Å². The van der Waals surface area contributed by atoms with Crippen molar-refractivity contribution in [3.8, 4) is 5.75 Å². The zero-order valence-electron chi connectivity index (χ0n) is 24.6. The Morgan fingerprint density at radius 1 is 1.14 bits per heavy atom. The first-order valence-corrected chi connectivity index (χ1v) is 15.8. The summed E-state index contributed by atoms with van der Waals surface area (Å²) in [4.78, 5) is 25.5. The Bertz CT molecular complexity index is 1830. The highest BCUT2D eigenvalue weighted by Crippen LogP contribution is 2.30. The standard InChI is InChI=1S/C33H33ClFN5O3S/c1-3-39-21-36-17-26(39)18-40-29-16-30(33(41)42-4-2)44-32(29)37-31(40)19-38-12-10-22(11-13-38)23-6-5-7-27(14-23)43-20-24-8-9-25(34)15-28(24)35/h5-10,14-17,21H,3-4,11-13,18-20H2,1-2H3. The third kappa shape index (κ3) is 6.57. The van der Waals surface area contributed by atoms with E-state index in [1.54, 1.807) is 12.1 Å². The van der Waals surface area contributed by atoms with Crippen LogP contribution in [0.4, 0.5) is 4.39 Å². The first-order chi connectivity index (χ1) is 21.4. The fourth-order valence-electron chi connectivity index (χ4n) is 5.39. The van der Waals surface area contributed by atoms with Crippen molar-refractivity contribution in [2.45, 2.75) is 46.5 Å². The zero-order chi connectivity index (χ0) is 30.6. The van der Waals surface area contributed by atoms with Gasteiger partial charge in [-0.1, -0.05) is 35.9 Å². The van der Waals surface area contributed by atoms with Crippen LogP contribution in [0.5, 0.6) is 5.75 Å². The maximum atomic E-state index is 14.2. The summed E-state index contributed by atoms with van der Waals surface area (Å²) in [5.41, 5.74) is 4.82. The molecule has 1 aliphatic rings. The molecule has 0 fully saturated rings. The third-order valence-corrected chi connectivity index (χ3v) is 8.97. The van der Waals surface area contributed by atoms with Gasteiger partial charge in [0.1, 0.15) is 33.7 Å². The maximum absolute atomic E-state index is 14.2. The fourth-order valence-corrected chi connectivity index (χ4v) is 6.50. The van der Waals surface area contributed by atoms with Gasteiger partial charge in [0.15, 0.2) is 0 Å². The molecule has 1 aliphatic heterocycles. The van der Waals surface area contributed by atoms with Gasteiger partial charge in [-0.25, -0.2) is 19.2 Å². The van der Waals surface area contributed by atoms with E-state index in [0.717, 1.165) is 53.5 Å². The number of imidazole rings is 2. The van der Waals surface area contributed by atoms with E-state index in [1.807, 2.05) is 43.7 Å². The molecule has 5 aromatic rings. The van der Waals surface area contributed by atoms with E-state index in [2.05, 4.69) is 38.1 Å². The van der Waals surface area contributed by atoms with Gasteiger partial charge in [-0.15, -0.1) is 11.3 Å². The summed E-state index contributed by atoms with van der Waals surface area (Å²) < 4.78 is 29.6. The quantitative estimate of drug-likeness (QED) is 0.143. The molecule has 0 aliphatic carbocycles. The average Bonchev–Trinajstić information content (AvgIpc) is 3.73. The number of rotatable bonds is 11. The van der Waals surface area contributed by atoms with Crippen LogP contribution >= 0.6 is 22.9 Å². The van der Waals surface area contributed by atoms with Crippen molar-refractivity contribution in [3.63, 3.8) is 0 Å². The van der Waals surface area contributed by atoms with Gasteiger partial charge in [0.05, 0.1) is 37.2 Å². The summed E-state index contributed by atoms with van der Waals surface area (Å²) in [6.45, 7) is 8.12. The van der Waals surface area contributed by atoms with Crippen LogP contribution in [-0.2, 0) is 31.0 Å². The molecule has 3 aromatic heterocycles. The summed E-state index contributed by atoms with van der Waals surface area (Å²) in [5.74, 6) is 0.949. The van der Waals surface area contributed by atoms with E-state index in [4.69, 9.17) is 26.1 Å². The minimum Gasteiger partial charge on any atom is -0.489 e. The van der Waals surface area contributed by atoms with E-state index in [9.17, 15) is 9.18 Å². The molecule has 228 valence electrons. The minimum absolute atomic E-state index is 0.129. The number of fused-ring (bicyclic) bond motifs is 1. The Labute approximate surface area is 264 Å². The number of benzene rings is 2. The fraction of sp³-hybridized carbons (Fsp3) is 0.303. The summed E-state index contributed by atoms with van der Waals surface area (Å²) in [6, 6.07) is 14.4. The van der Waals surface area contributed by atoms with Crippen LogP contribution in [0.2, 0.25) is 5.02 Å². The molecule has 0 spiro atoms. The number of halogens is 2. The molecular weight excluding hydrogens is 601 g/mol. The first kappa shape index (κ1) is 30.1. The molecule has 0 atom stereocenters. The molecular formula is C33H33ClFN5O3S. The van der Waals surface area contributed by atoms with Crippen LogP contribution in [0.1, 0.15) is 52.6 Å². The summed E-state index contributed by atoms with van der Waals surface area (Å²) in [7, 11) is 0. The lowest BCUT2D eigenvalue weighted by Gasteiger charge is -2.26. The third-order valence-electron chi connectivity index (χ3n) is 7.74. The number of aromatic nitrogens is 4. The SMILES string of the molecule is CCOC(=O)c1cc2c(nc(CN3CC=C(c4cccc(OCc5ccc(Cl)cc5F)c4)CC3)n2Cc2cncn2CC)s1. The molecule has 2 aromatic carbocycles. The van der Waals surface area contributed by atoms with E-state index < -0.39 is 0 Å². The lowest BCUT2D eigenvalue weighted by molar-refractivity contribution is 0.0532. The Balaban J connectivity index is 1.17. The molecule has 0 saturated heterocycles. The molecule has 0 bridgehead atoms. The molecule has 4 heterocycles. The maximum Gasteiger partial charge on any atom is 0.348 e. The number of carbonyl (C=O) groups is 1. The van der Waals surface area contributed by atoms with Crippen LogP contribution < -0.4 is 4.74 Å². The van der Waals surface area contributed by atoms with Crippen LogP contribution in [0.25, 0.3) is 15.9 Å². The summed E-state index contributed by atoms with van der Waals surface area (Å²) >= 11 is 7.24. The van der Waals surface area contributed by atoms with Crippen molar-refractivity contribution in [2.75, 3.05) is 19.7 Å². The van der Waals surface area contributed by atoms with E-state index in [0.29, 0.717) is 40.9 Å². The van der Waals surface area contributed by atoms with Gasteiger partial charge < -0.3 is 18.6 Å². The normalized spacial score (nSPS) is 13.8. The van der Waals surface area contributed by atoms with E-state index in [1.165, 1.54) is 23.0 Å². The highest BCUT2D eigenvalue weighted by Gasteiger charge is 2.22. The van der Waals surface area contributed by atoms with Gasteiger partial charge in [0, 0.05) is 36.4 Å². The second-order valence-electron chi connectivity index (χ2n) is 10.6. The predicted octanol–water partition coefficient (Wildman–Crippen LogP) is 7.20. The Hall–Kier alpha value is -3.99. The van der Waals surface area contributed by atoms with Crippen LogP contribution in [0.15, 0.2) is 67.1 Å². The van der Waals surface area contributed by atoms with Crippen molar-refractivity contribution in [1.82, 2.24) is 24.0 Å². The molecule has 0 amide bonds. The van der Waals surface area contributed by atoms with Gasteiger partial charge in [-0.3, -0.25) is 4.90 Å². The first-order valence-electron chi connectivity index (χ1n) is 14.7. The van der Waals surface area contributed by atoms with Crippen molar-refractivity contribution in [2.24, 2.45) is 0 Å². The van der Waals surface area contributed by atoms with Crippen LogP contribution in [0.3, 0.4) is 0 Å².